The Hall–Kier alpha value is -6.41. The van der Waals surface area contributed by atoms with E-state index in [1.54, 1.807) is 0 Å². The Labute approximate surface area is 401 Å². The molecule has 8 aromatic rings. The second kappa shape index (κ2) is 14.5. The summed E-state index contributed by atoms with van der Waals surface area (Å²) >= 11 is 7.92. The monoisotopic (exact) mass is 885 g/mol. The first-order valence-corrected chi connectivity index (χ1v) is 24.9. The lowest BCUT2D eigenvalue weighted by molar-refractivity contribution is 0.168. The van der Waals surface area contributed by atoms with Gasteiger partial charge in [0.15, 0.2) is 0 Å². The smallest absolute Gasteiger partial charge is 0.0508 e. The largest absolute Gasteiger partial charge is 0.310 e. The van der Waals surface area contributed by atoms with Crippen LogP contribution in [0, 0.1) is 17.8 Å². The molecule has 4 atom stereocenters. The molecule has 1 saturated carbocycles. The Balaban J connectivity index is 1.03. The molecule has 1 spiro atoms. The van der Waals surface area contributed by atoms with Crippen molar-refractivity contribution >= 4 is 28.7 Å². The Bertz CT molecular complexity index is 3300. The van der Waals surface area contributed by atoms with Crippen LogP contribution < -0.4 is 4.90 Å². The van der Waals surface area contributed by atoms with Crippen molar-refractivity contribution in [3.63, 3.8) is 0 Å². The maximum absolute atomic E-state index is 7.92. The first-order valence-electron chi connectivity index (χ1n) is 24.5. The zero-order valence-electron chi connectivity index (χ0n) is 39.4. The molecule has 0 amide bonds. The molecule has 0 N–H and O–H groups in total. The number of hydrogen-bond donors (Lipinski definition) is 0. The number of halogens is 1. The van der Waals surface area contributed by atoms with Crippen LogP contribution in [0.15, 0.2) is 182 Å². The predicted octanol–water partition coefficient (Wildman–Crippen LogP) is 18.0. The lowest BCUT2D eigenvalue weighted by atomic mass is 9.55. The maximum Gasteiger partial charge on any atom is 0.0508 e. The highest BCUT2D eigenvalue weighted by Crippen LogP contribution is 2.64. The van der Waals surface area contributed by atoms with Gasteiger partial charge in [-0.25, -0.2) is 0 Å². The second-order valence-corrected chi connectivity index (χ2v) is 22.1. The molecular formula is C65H56ClN. The summed E-state index contributed by atoms with van der Waals surface area (Å²) in [5, 5.41) is 0.814. The maximum atomic E-state index is 7.92. The molecule has 4 unspecified atom stereocenters. The molecule has 1 fully saturated rings. The van der Waals surface area contributed by atoms with Crippen molar-refractivity contribution in [2.24, 2.45) is 17.8 Å². The number of nitrogens with zero attached hydrogens (tertiary/aromatic N) is 1. The number of anilines is 3. The van der Waals surface area contributed by atoms with E-state index in [-0.39, 0.29) is 16.2 Å². The summed E-state index contributed by atoms with van der Waals surface area (Å²) in [6.45, 7) is 14.4. The van der Waals surface area contributed by atoms with Crippen LogP contribution >= 0.6 is 11.6 Å². The SMILES string of the molecule is CC1=CC2(c3cc(-c4cccc(-c5ccccc5)c4)ccc3-c3c(Cl)cc(N(c4ccc5c(c4)C(C)(C)c4ccccc4-5)c4ccc5c(c4)C(C)(C)c4ccccc4-5)cc32)C2CC(C)CC1C2. The van der Waals surface area contributed by atoms with Crippen molar-refractivity contribution < 1.29 is 0 Å². The number of fused-ring (bicyclic) bond motifs is 14. The third kappa shape index (κ3) is 5.86. The Morgan fingerprint density at radius 3 is 1.64 bits per heavy atom. The van der Waals surface area contributed by atoms with Gasteiger partial charge in [0, 0.05) is 38.9 Å². The fraction of sp³-hybridized carbons (Fsp3) is 0.231. The summed E-state index contributed by atoms with van der Waals surface area (Å²) in [5.74, 6) is 1.72. The van der Waals surface area contributed by atoms with Crippen LogP contribution in [-0.2, 0) is 16.2 Å². The van der Waals surface area contributed by atoms with E-state index in [9.17, 15) is 0 Å². The van der Waals surface area contributed by atoms with Gasteiger partial charge in [0.1, 0.15) is 0 Å². The molecule has 2 heteroatoms. The molecule has 0 saturated heterocycles. The van der Waals surface area contributed by atoms with Crippen LogP contribution in [0.2, 0.25) is 5.02 Å². The number of benzene rings is 8. The Kier molecular flexibility index (Phi) is 8.86. The van der Waals surface area contributed by atoms with Crippen molar-refractivity contribution in [2.75, 3.05) is 4.90 Å². The van der Waals surface area contributed by atoms with Gasteiger partial charge in [-0.15, -0.1) is 0 Å². The number of allylic oxidation sites excluding steroid dienone is 2. The summed E-state index contributed by atoms with van der Waals surface area (Å²) < 4.78 is 0. The number of hydrogen-bond acceptors (Lipinski definition) is 1. The van der Waals surface area contributed by atoms with Crippen LogP contribution in [0.4, 0.5) is 17.1 Å². The molecular weight excluding hydrogens is 830 g/mol. The average molecular weight is 887 g/mol. The van der Waals surface area contributed by atoms with E-state index in [2.05, 4.69) is 222 Å². The minimum atomic E-state index is -0.318. The van der Waals surface area contributed by atoms with Gasteiger partial charge in [0.05, 0.1) is 5.02 Å². The second-order valence-electron chi connectivity index (χ2n) is 21.7. The van der Waals surface area contributed by atoms with Crippen LogP contribution in [0.5, 0.6) is 0 Å². The van der Waals surface area contributed by atoms with Crippen molar-refractivity contribution in [2.45, 2.75) is 77.0 Å². The standard InChI is InChI=1S/C65H56ClN/c1-39-29-45-32-46(30-39)65(38-40(45)2)59-33-44(43-18-14-17-42(31-43)41-15-8-7-9-16-41)23-26-54(59)62-60(65)36-49(37-61(62)66)67(47-24-27-52-50-19-10-12-21-55(50)63(3,4)57(52)34-47)48-25-28-53-51-20-11-13-22-56(51)64(5,6)58(53)35-48/h7-28,31,33-39,45-46H,29-30,32H2,1-6H3. The molecule has 328 valence electrons. The van der Waals surface area contributed by atoms with Crippen molar-refractivity contribution in [1.29, 1.82) is 0 Å². The highest BCUT2D eigenvalue weighted by Gasteiger charge is 2.53. The highest BCUT2D eigenvalue weighted by molar-refractivity contribution is 6.34. The van der Waals surface area contributed by atoms with E-state index >= 15 is 0 Å². The van der Waals surface area contributed by atoms with Crippen LogP contribution in [0.25, 0.3) is 55.6 Å². The van der Waals surface area contributed by atoms with Gasteiger partial charge in [-0.2, -0.15) is 0 Å². The highest BCUT2D eigenvalue weighted by atomic mass is 35.5. The minimum absolute atomic E-state index is 0.145. The van der Waals surface area contributed by atoms with E-state index < -0.39 is 0 Å². The first-order chi connectivity index (χ1) is 32.4. The van der Waals surface area contributed by atoms with Gasteiger partial charge in [0.25, 0.3) is 0 Å². The lowest BCUT2D eigenvalue weighted by Gasteiger charge is -2.49. The number of rotatable bonds is 5. The molecule has 8 aromatic carbocycles. The van der Waals surface area contributed by atoms with Crippen molar-refractivity contribution in [3.05, 3.63) is 220 Å². The molecule has 0 radical (unpaired) electrons. The molecule has 13 rings (SSSR count). The molecule has 5 aliphatic rings. The Morgan fingerprint density at radius 2 is 0.985 bits per heavy atom. The fourth-order valence-electron chi connectivity index (χ4n) is 13.9. The topological polar surface area (TPSA) is 3.24 Å². The zero-order chi connectivity index (χ0) is 45.6. The summed E-state index contributed by atoms with van der Waals surface area (Å²) in [6, 6.07) is 64.3. The van der Waals surface area contributed by atoms with E-state index in [0.717, 1.165) is 22.1 Å². The predicted molar refractivity (Wildman–Crippen MR) is 282 cm³/mol. The van der Waals surface area contributed by atoms with Crippen molar-refractivity contribution in [1.82, 2.24) is 0 Å². The quantitative estimate of drug-likeness (QED) is 0.156. The minimum Gasteiger partial charge on any atom is -0.310 e. The van der Waals surface area contributed by atoms with Gasteiger partial charge < -0.3 is 4.90 Å². The molecule has 0 heterocycles. The van der Waals surface area contributed by atoms with Gasteiger partial charge in [-0.3, -0.25) is 0 Å². The van der Waals surface area contributed by atoms with Crippen molar-refractivity contribution in [3.8, 4) is 55.6 Å². The molecule has 0 aliphatic heterocycles. The van der Waals surface area contributed by atoms with Crippen LogP contribution in [-0.4, -0.2) is 0 Å². The van der Waals surface area contributed by atoms with E-state index in [0.29, 0.717) is 17.8 Å². The summed E-state index contributed by atoms with van der Waals surface area (Å²) in [7, 11) is 0. The molecule has 0 aromatic heterocycles. The first kappa shape index (κ1) is 40.8. The molecule has 2 bridgehead atoms. The van der Waals surface area contributed by atoms with Crippen LogP contribution in [0.3, 0.4) is 0 Å². The molecule has 5 aliphatic carbocycles. The van der Waals surface area contributed by atoms with E-state index in [1.807, 2.05) is 0 Å². The third-order valence-electron chi connectivity index (χ3n) is 17.2. The molecule has 67 heavy (non-hydrogen) atoms. The summed E-state index contributed by atoms with van der Waals surface area (Å²) in [5.41, 5.74) is 25.3. The van der Waals surface area contributed by atoms with Crippen LogP contribution in [0.1, 0.15) is 94.2 Å². The van der Waals surface area contributed by atoms with E-state index in [4.69, 9.17) is 11.6 Å². The summed E-state index contributed by atoms with van der Waals surface area (Å²) in [4.78, 5) is 2.52. The average Bonchev–Trinajstić information content (AvgIpc) is 3.85. The van der Waals surface area contributed by atoms with E-state index in [1.165, 1.54) is 114 Å². The Morgan fingerprint density at radius 1 is 0.448 bits per heavy atom. The summed E-state index contributed by atoms with van der Waals surface area (Å²) in [6.07, 6.45) is 6.37. The lowest BCUT2D eigenvalue weighted by Crippen LogP contribution is -2.42. The van der Waals surface area contributed by atoms with Gasteiger partial charge >= 0.3 is 0 Å². The van der Waals surface area contributed by atoms with Gasteiger partial charge in [0.2, 0.25) is 0 Å². The fourth-order valence-corrected chi connectivity index (χ4v) is 14.2. The third-order valence-corrected chi connectivity index (χ3v) is 17.5. The zero-order valence-corrected chi connectivity index (χ0v) is 40.2. The van der Waals surface area contributed by atoms with Gasteiger partial charge in [-0.1, -0.05) is 179 Å². The molecule has 1 nitrogen and oxygen atoms in total. The van der Waals surface area contributed by atoms with Gasteiger partial charge in [-0.05, 0) is 176 Å². The normalized spacial score (nSPS) is 21.7.